The lowest BCUT2D eigenvalue weighted by molar-refractivity contribution is -0.116. The van der Waals surface area contributed by atoms with Crippen LogP contribution in [0.2, 0.25) is 10.0 Å². The van der Waals surface area contributed by atoms with Gasteiger partial charge in [-0.2, -0.15) is 0 Å². The fourth-order valence-corrected chi connectivity index (χ4v) is 4.67. The molecule has 130 valence electrons. The molecule has 24 heavy (non-hydrogen) atoms. The van der Waals surface area contributed by atoms with Crippen molar-refractivity contribution >= 4 is 34.7 Å². The Balaban J connectivity index is 2.07. The van der Waals surface area contributed by atoms with Crippen molar-refractivity contribution < 1.29 is 9.90 Å². The fraction of sp³-hybridized carbons (Fsp3) is 0.526. The number of aryl methyl sites for hydroxylation is 1. The summed E-state index contributed by atoms with van der Waals surface area (Å²) in [5.74, 6) is 0.594. The van der Waals surface area contributed by atoms with Crippen LogP contribution >= 0.6 is 23.2 Å². The van der Waals surface area contributed by atoms with Crippen molar-refractivity contribution in [2.75, 3.05) is 0 Å². The molecule has 0 unspecified atom stereocenters. The molecule has 1 spiro atoms. The van der Waals surface area contributed by atoms with E-state index in [1.54, 1.807) is 6.07 Å². The van der Waals surface area contributed by atoms with E-state index in [0.717, 1.165) is 37.7 Å². The summed E-state index contributed by atoms with van der Waals surface area (Å²) in [5.41, 5.74) is 1.20. The van der Waals surface area contributed by atoms with E-state index in [-0.39, 0.29) is 11.7 Å². The number of carbonyl (C=O) groups excluding carboxylic acids is 1. The van der Waals surface area contributed by atoms with Crippen LogP contribution in [-0.2, 0) is 11.2 Å². The van der Waals surface area contributed by atoms with Crippen LogP contribution in [0, 0.1) is 5.92 Å². The van der Waals surface area contributed by atoms with Gasteiger partial charge in [-0.05, 0) is 55.7 Å². The quantitative estimate of drug-likeness (QED) is 0.761. The molecule has 1 aliphatic carbocycles. The van der Waals surface area contributed by atoms with Crippen molar-refractivity contribution in [3.05, 3.63) is 39.1 Å². The maximum absolute atomic E-state index is 12.7. The van der Waals surface area contributed by atoms with Crippen molar-refractivity contribution in [3.8, 4) is 0 Å². The highest BCUT2D eigenvalue weighted by atomic mass is 35.5. The minimum absolute atomic E-state index is 0.154. The third kappa shape index (κ3) is 2.82. The number of amides is 1. The highest BCUT2D eigenvalue weighted by molar-refractivity contribution is 6.38. The third-order valence-electron chi connectivity index (χ3n) is 5.57. The Morgan fingerprint density at radius 1 is 1.25 bits per heavy atom. The van der Waals surface area contributed by atoms with Gasteiger partial charge in [0.25, 0.3) is 5.91 Å². The molecule has 0 radical (unpaired) electrons. The highest BCUT2D eigenvalue weighted by Gasteiger charge is 2.48. The standard InChI is InChI=1S/C19H23Cl2NO2/c1-3-11-5-7-19(8-6-11)17(23)16(18(24)22-19)15-12(4-2)9-13(20)10-14(15)21/h9-11,23H,3-8H2,1-2H3,(H,22,24). The lowest BCUT2D eigenvalue weighted by Gasteiger charge is -2.37. The van der Waals surface area contributed by atoms with Gasteiger partial charge in [-0.25, -0.2) is 0 Å². The maximum atomic E-state index is 12.7. The molecule has 1 aliphatic heterocycles. The average Bonchev–Trinajstić information content (AvgIpc) is 2.79. The summed E-state index contributed by atoms with van der Waals surface area (Å²) in [6, 6.07) is 3.44. The number of hydrogen-bond donors (Lipinski definition) is 2. The van der Waals surface area contributed by atoms with Gasteiger partial charge in [0.05, 0.1) is 16.1 Å². The molecule has 1 amide bonds. The molecule has 1 heterocycles. The molecule has 0 atom stereocenters. The number of aliphatic hydroxyl groups is 1. The van der Waals surface area contributed by atoms with Crippen LogP contribution < -0.4 is 5.32 Å². The van der Waals surface area contributed by atoms with Crippen molar-refractivity contribution in [2.24, 2.45) is 5.92 Å². The Hall–Kier alpha value is -1.19. The summed E-state index contributed by atoms with van der Waals surface area (Å²) in [6.45, 7) is 4.18. The summed E-state index contributed by atoms with van der Waals surface area (Å²) in [7, 11) is 0. The minimum Gasteiger partial charge on any atom is -0.509 e. The second-order valence-corrected chi connectivity index (χ2v) is 7.73. The summed E-state index contributed by atoms with van der Waals surface area (Å²) in [6.07, 6.45) is 5.42. The first-order valence-corrected chi connectivity index (χ1v) is 9.42. The zero-order valence-corrected chi connectivity index (χ0v) is 15.6. The van der Waals surface area contributed by atoms with Gasteiger partial charge >= 0.3 is 0 Å². The Kier molecular flexibility index (Phi) is 4.85. The summed E-state index contributed by atoms with van der Waals surface area (Å²) < 4.78 is 0. The van der Waals surface area contributed by atoms with E-state index in [9.17, 15) is 9.90 Å². The second-order valence-electron chi connectivity index (χ2n) is 6.89. The molecule has 1 saturated carbocycles. The van der Waals surface area contributed by atoms with Crippen molar-refractivity contribution in [1.29, 1.82) is 0 Å². The largest absolute Gasteiger partial charge is 0.509 e. The van der Waals surface area contributed by atoms with Gasteiger partial charge in [0.1, 0.15) is 5.76 Å². The molecule has 1 aromatic rings. The number of hydrogen-bond acceptors (Lipinski definition) is 2. The lowest BCUT2D eigenvalue weighted by Crippen LogP contribution is -2.47. The van der Waals surface area contributed by atoms with Crippen LogP contribution in [0.3, 0.4) is 0 Å². The van der Waals surface area contributed by atoms with Crippen LogP contribution in [0.1, 0.15) is 57.1 Å². The van der Waals surface area contributed by atoms with Crippen molar-refractivity contribution in [2.45, 2.75) is 57.9 Å². The molecular formula is C19H23Cl2NO2. The molecule has 1 aromatic carbocycles. The molecular weight excluding hydrogens is 345 g/mol. The van der Waals surface area contributed by atoms with E-state index < -0.39 is 5.54 Å². The van der Waals surface area contributed by atoms with Crippen LogP contribution in [-0.4, -0.2) is 16.6 Å². The molecule has 3 nitrogen and oxygen atoms in total. The van der Waals surface area contributed by atoms with Crippen LogP contribution in [0.25, 0.3) is 5.57 Å². The summed E-state index contributed by atoms with van der Waals surface area (Å²) in [4.78, 5) is 12.7. The van der Waals surface area contributed by atoms with Crippen LogP contribution in [0.15, 0.2) is 17.9 Å². The van der Waals surface area contributed by atoms with Gasteiger partial charge in [-0.1, -0.05) is 43.5 Å². The molecule has 0 saturated heterocycles. The van der Waals surface area contributed by atoms with E-state index in [2.05, 4.69) is 12.2 Å². The van der Waals surface area contributed by atoms with Crippen LogP contribution in [0.4, 0.5) is 0 Å². The SMILES string of the molecule is CCc1cc(Cl)cc(Cl)c1C1=C(O)C2(CCC(CC)CC2)NC1=O. The fourth-order valence-electron chi connectivity index (χ4n) is 4.04. The van der Waals surface area contributed by atoms with E-state index in [1.165, 1.54) is 0 Å². The molecule has 0 aromatic heterocycles. The normalized spacial score (nSPS) is 27.0. The molecule has 1 fully saturated rings. The van der Waals surface area contributed by atoms with Crippen LogP contribution in [0.5, 0.6) is 0 Å². The second kappa shape index (κ2) is 6.61. The Morgan fingerprint density at radius 2 is 1.92 bits per heavy atom. The van der Waals surface area contributed by atoms with Gasteiger partial charge in [0, 0.05) is 10.6 Å². The van der Waals surface area contributed by atoms with Gasteiger partial charge in [0.15, 0.2) is 0 Å². The minimum atomic E-state index is -0.619. The smallest absolute Gasteiger partial charge is 0.256 e. The van der Waals surface area contributed by atoms with Gasteiger partial charge in [0.2, 0.25) is 0 Å². The first-order valence-electron chi connectivity index (χ1n) is 8.66. The Morgan fingerprint density at radius 3 is 2.50 bits per heavy atom. The maximum Gasteiger partial charge on any atom is 0.256 e. The average molecular weight is 368 g/mol. The van der Waals surface area contributed by atoms with Gasteiger partial charge in [-0.15, -0.1) is 0 Å². The number of aliphatic hydroxyl groups excluding tert-OH is 1. The Labute approximate surface area is 153 Å². The molecule has 0 bridgehead atoms. The molecule has 2 aliphatic rings. The van der Waals surface area contributed by atoms with E-state index in [1.807, 2.05) is 13.0 Å². The van der Waals surface area contributed by atoms with Crippen molar-refractivity contribution in [3.63, 3.8) is 0 Å². The van der Waals surface area contributed by atoms with Gasteiger partial charge < -0.3 is 10.4 Å². The number of rotatable bonds is 3. The highest BCUT2D eigenvalue weighted by Crippen LogP contribution is 2.45. The molecule has 2 N–H and O–H groups in total. The number of carbonyl (C=O) groups is 1. The number of halogens is 2. The zero-order valence-electron chi connectivity index (χ0n) is 14.1. The lowest BCUT2D eigenvalue weighted by atomic mass is 9.75. The predicted octanol–water partition coefficient (Wildman–Crippen LogP) is 5.29. The topological polar surface area (TPSA) is 49.3 Å². The monoisotopic (exact) mass is 367 g/mol. The first kappa shape index (κ1) is 17.6. The van der Waals surface area contributed by atoms with E-state index in [0.29, 0.717) is 33.5 Å². The van der Waals surface area contributed by atoms with E-state index >= 15 is 0 Å². The van der Waals surface area contributed by atoms with E-state index in [4.69, 9.17) is 23.2 Å². The van der Waals surface area contributed by atoms with Crippen molar-refractivity contribution in [1.82, 2.24) is 5.32 Å². The summed E-state index contributed by atoms with van der Waals surface area (Å²) in [5, 5.41) is 15.0. The zero-order chi connectivity index (χ0) is 17.5. The Bertz CT molecular complexity index is 704. The molecule has 5 heteroatoms. The predicted molar refractivity (Wildman–Crippen MR) is 98.5 cm³/mol. The number of benzene rings is 1. The number of nitrogens with one attached hydrogen (secondary N) is 1. The third-order valence-corrected chi connectivity index (χ3v) is 6.09. The molecule has 3 rings (SSSR count). The van der Waals surface area contributed by atoms with Gasteiger partial charge in [-0.3, -0.25) is 4.79 Å². The summed E-state index contributed by atoms with van der Waals surface area (Å²) >= 11 is 12.5. The first-order chi connectivity index (χ1) is 11.4.